The average molecular weight is 672 g/mol. The Kier molecular flexibility index (Phi) is 11.1. The Morgan fingerprint density at radius 3 is 1.35 bits per heavy atom. The van der Waals surface area contributed by atoms with Crippen molar-refractivity contribution >= 4 is 55.2 Å². The van der Waals surface area contributed by atoms with Gasteiger partial charge in [-0.3, -0.25) is 0 Å². The topological polar surface area (TPSA) is 157 Å². The van der Waals surface area contributed by atoms with Gasteiger partial charge < -0.3 is 32.4 Å². The summed E-state index contributed by atoms with van der Waals surface area (Å²) < 4.78 is 12.3. The lowest BCUT2D eigenvalue weighted by atomic mass is 9.92. The number of hydrogen-bond acceptors (Lipinski definition) is 8. The minimum absolute atomic E-state index is 0.0982. The summed E-state index contributed by atoms with van der Waals surface area (Å²) in [6.07, 6.45) is 0. The van der Waals surface area contributed by atoms with Crippen LogP contribution >= 0.6 is 31.9 Å². The molecule has 3 aromatic carbocycles. The van der Waals surface area contributed by atoms with Crippen molar-refractivity contribution in [3.8, 4) is 0 Å². The smallest absolute Gasteiger partial charge is 0.338 e. The Morgan fingerprint density at radius 2 is 1.02 bits per heavy atom. The zero-order chi connectivity index (χ0) is 29.4. The van der Waals surface area contributed by atoms with Gasteiger partial charge in [-0.05, 0) is 66.4 Å². The van der Waals surface area contributed by atoms with E-state index in [0.29, 0.717) is 22.3 Å². The van der Waals surface area contributed by atoms with Crippen LogP contribution < -0.4 is 22.9 Å². The molecule has 210 valence electrons. The number of nitrogens with two attached hydrogens (primary N) is 4. The van der Waals surface area contributed by atoms with Gasteiger partial charge in [0.2, 0.25) is 0 Å². The molecule has 0 aromatic heterocycles. The highest BCUT2D eigenvalue weighted by molar-refractivity contribution is 9.10. The standard InChI is InChI=1S/C30H32Br2N4O4/c1-3-39-29(37)23(25(33)17-8-12-21(31)13-9-17)27(35)19-6-5-7-20(16-19)28(36)24(30(38)40-4-2)26(34)18-10-14-22(32)15-11-18/h5-16,25-26H,3-4,33-36H2,1-2H3/b27-23+,28-24+. The Morgan fingerprint density at radius 1 is 0.675 bits per heavy atom. The van der Waals surface area contributed by atoms with E-state index in [1.165, 1.54) is 0 Å². The first-order valence-corrected chi connectivity index (χ1v) is 14.1. The fourth-order valence-corrected chi connectivity index (χ4v) is 4.59. The molecular formula is C30H32Br2N4O4. The molecule has 10 heteroatoms. The number of benzene rings is 3. The molecule has 3 aromatic rings. The number of carbonyl (C=O) groups excluding carboxylic acids is 2. The molecule has 8 N–H and O–H groups in total. The summed E-state index contributed by atoms with van der Waals surface area (Å²) in [6, 6.07) is 19.6. The lowest BCUT2D eigenvalue weighted by Crippen LogP contribution is -2.25. The normalized spacial score (nSPS) is 13.9. The van der Waals surface area contributed by atoms with Crippen molar-refractivity contribution in [2.75, 3.05) is 13.2 Å². The summed E-state index contributed by atoms with van der Waals surface area (Å²) in [4.78, 5) is 26.1. The number of hydrogen-bond donors (Lipinski definition) is 4. The van der Waals surface area contributed by atoms with Gasteiger partial charge in [-0.2, -0.15) is 0 Å². The molecule has 0 spiro atoms. The van der Waals surface area contributed by atoms with Crippen LogP contribution in [0.3, 0.4) is 0 Å². The van der Waals surface area contributed by atoms with Crippen molar-refractivity contribution in [1.82, 2.24) is 0 Å². The predicted octanol–water partition coefficient (Wildman–Crippen LogP) is 5.08. The maximum atomic E-state index is 13.0. The lowest BCUT2D eigenvalue weighted by molar-refractivity contribution is -0.139. The molecular weight excluding hydrogens is 640 g/mol. The molecule has 0 amide bonds. The summed E-state index contributed by atoms with van der Waals surface area (Å²) in [7, 11) is 0. The molecule has 0 radical (unpaired) electrons. The largest absolute Gasteiger partial charge is 0.463 e. The van der Waals surface area contributed by atoms with E-state index >= 15 is 0 Å². The van der Waals surface area contributed by atoms with Crippen LogP contribution in [0.1, 0.15) is 48.2 Å². The van der Waals surface area contributed by atoms with Crippen LogP contribution in [0, 0.1) is 0 Å². The maximum absolute atomic E-state index is 13.0. The van der Waals surface area contributed by atoms with E-state index in [1.807, 2.05) is 24.3 Å². The Hall–Kier alpha value is -3.44. The molecule has 0 saturated carbocycles. The Balaban J connectivity index is 2.15. The van der Waals surface area contributed by atoms with E-state index in [-0.39, 0.29) is 35.8 Å². The van der Waals surface area contributed by atoms with Crippen LogP contribution in [0.4, 0.5) is 0 Å². The minimum atomic E-state index is -0.857. The van der Waals surface area contributed by atoms with Gasteiger partial charge in [0.25, 0.3) is 0 Å². The van der Waals surface area contributed by atoms with Crippen LogP contribution in [0.15, 0.2) is 92.9 Å². The number of esters is 2. The van der Waals surface area contributed by atoms with Gasteiger partial charge in [0.05, 0.1) is 47.8 Å². The van der Waals surface area contributed by atoms with E-state index in [2.05, 4.69) is 31.9 Å². The van der Waals surface area contributed by atoms with Crippen molar-refractivity contribution in [3.05, 3.63) is 115 Å². The molecule has 0 bridgehead atoms. The van der Waals surface area contributed by atoms with E-state index in [0.717, 1.165) is 8.95 Å². The van der Waals surface area contributed by atoms with E-state index in [1.54, 1.807) is 62.4 Å². The molecule has 2 unspecified atom stereocenters. The molecule has 40 heavy (non-hydrogen) atoms. The number of halogens is 2. The first-order valence-electron chi connectivity index (χ1n) is 12.5. The van der Waals surface area contributed by atoms with Gasteiger partial charge in [-0.25, -0.2) is 9.59 Å². The van der Waals surface area contributed by atoms with Gasteiger partial charge in [0.15, 0.2) is 0 Å². The highest BCUT2D eigenvalue weighted by Gasteiger charge is 2.27. The summed E-state index contributed by atoms with van der Waals surface area (Å²) in [5, 5.41) is 0. The number of carbonyl (C=O) groups is 2. The SMILES string of the molecule is CCOC(=O)/C(=C(/N)c1cccc(/C(N)=C(\C(=O)OCC)C(N)c2ccc(Br)cc2)c1)C(N)c1ccc(Br)cc1. The van der Waals surface area contributed by atoms with Crippen molar-refractivity contribution in [3.63, 3.8) is 0 Å². The lowest BCUT2D eigenvalue weighted by Gasteiger charge is -2.20. The van der Waals surface area contributed by atoms with Crippen LogP contribution in [-0.2, 0) is 19.1 Å². The van der Waals surface area contributed by atoms with Gasteiger partial charge in [-0.1, -0.05) is 74.3 Å². The first kappa shape index (κ1) is 31.1. The second-order valence-electron chi connectivity index (χ2n) is 8.73. The molecule has 0 fully saturated rings. The highest BCUT2D eigenvalue weighted by atomic mass is 79.9. The van der Waals surface area contributed by atoms with E-state index < -0.39 is 24.0 Å². The van der Waals surface area contributed by atoms with Gasteiger partial charge >= 0.3 is 11.9 Å². The Labute approximate surface area is 250 Å². The summed E-state index contributed by atoms with van der Waals surface area (Å²) in [5.41, 5.74) is 28.9. The third-order valence-corrected chi connectivity index (χ3v) is 7.19. The second kappa shape index (κ2) is 14.3. The molecule has 0 aliphatic heterocycles. The maximum Gasteiger partial charge on any atom is 0.338 e. The molecule has 0 aliphatic carbocycles. The van der Waals surface area contributed by atoms with E-state index in [9.17, 15) is 9.59 Å². The van der Waals surface area contributed by atoms with Crippen LogP contribution in [0.25, 0.3) is 11.4 Å². The first-order chi connectivity index (χ1) is 19.1. The summed E-state index contributed by atoms with van der Waals surface area (Å²) >= 11 is 6.81. The van der Waals surface area contributed by atoms with Crippen molar-refractivity contribution in [1.29, 1.82) is 0 Å². The van der Waals surface area contributed by atoms with E-state index in [4.69, 9.17) is 32.4 Å². The summed E-state index contributed by atoms with van der Waals surface area (Å²) in [6.45, 7) is 3.70. The molecule has 0 aliphatic rings. The average Bonchev–Trinajstić information content (AvgIpc) is 2.94. The molecule has 0 heterocycles. The van der Waals surface area contributed by atoms with Crippen molar-refractivity contribution in [2.24, 2.45) is 22.9 Å². The molecule has 2 atom stereocenters. The van der Waals surface area contributed by atoms with Gasteiger partial charge in [0, 0.05) is 8.95 Å². The van der Waals surface area contributed by atoms with Gasteiger partial charge in [-0.15, -0.1) is 0 Å². The van der Waals surface area contributed by atoms with Crippen molar-refractivity contribution in [2.45, 2.75) is 25.9 Å². The van der Waals surface area contributed by atoms with Crippen LogP contribution in [0.2, 0.25) is 0 Å². The monoisotopic (exact) mass is 670 g/mol. The third kappa shape index (κ3) is 7.39. The molecule has 0 saturated heterocycles. The molecule has 8 nitrogen and oxygen atoms in total. The number of ether oxygens (including phenoxy) is 2. The highest BCUT2D eigenvalue weighted by Crippen LogP contribution is 2.31. The minimum Gasteiger partial charge on any atom is -0.463 e. The fourth-order valence-electron chi connectivity index (χ4n) is 4.07. The van der Waals surface area contributed by atoms with Crippen LogP contribution in [0.5, 0.6) is 0 Å². The van der Waals surface area contributed by atoms with Gasteiger partial charge in [0.1, 0.15) is 0 Å². The van der Waals surface area contributed by atoms with Crippen LogP contribution in [-0.4, -0.2) is 25.2 Å². The molecule has 3 rings (SSSR count). The predicted molar refractivity (Wildman–Crippen MR) is 164 cm³/mol. The zero-order valence-electron chi connectivity index (χ0n) is 22.2. The third-order valence-electron chi connectivity index (χ3n) is 6.14. The number of rotatable bonds is 10. The van der Waals surface area contributed by atoms with Crippen molar-refractivity contribution < 1.29 is 19.1 Å². The fraction of sp³-hybridized carbons (Fsp3) is 0.200. The quantitative estimate of drug-likeness (QED) is 0.172. The second-order valence-corrected chi connectivity index (χ2v) is 10.6. The summed E-state index contributed by atoms with van der Waals surface area (Å²) in [5.74, 6) is -1.26. The Bertz CT molecular complexity index is 1320. The zero-order valence-corrected chi connectivity index (χ0v) is 25.4.